The Kier molecular flexibility index (Phi) is 5.48. The number of imide groups is 1. The van der Waals surface area contributed by atoms with E-state index in [1.54, 1.807) is 18.2 Å². The molecule has 180 valence electrons. The van der Waals surface area contributed by atoms with Crippen LogP contribution in [0.1, 0.15) is 5.56 Å². The van der Waals surface area contributed by atoms with Crippen LogP contribution < -0.4 is 19.7 Å². The molecule has 7 heteroatoms. The molecular formula is C29H26N3O4+. The number of nitrogens with zero attached hydrogens (tertiary/aromatic N) is 3. The molecule has 0 aromatic heterocycles. The molecule has 0 atom stereocenters. The van der Waals surface area contributed by atoms with E-state index in [1.807, 2.05) is 74.1 Å². The Bertz CT molecular complexity index is 1640. The lowest BCUT2D eigenvalue weighted by atomic mass is 9.90. The van der Waals surface area contributed by atoms with E-state index in [9.17, 15) is 14.7 Å². The summed E-state index contributed by atoms with van der Waals surface area (Å²) in [7, 11) is 7.87. The summed E-state index contributed by atoms with van der Waals surface area (Å²) in [6.45, 7) is 3.77. The van der Waals surface area contributed by atoms with Gasteiger partial charge in [0, 0.05) is 66.1 Å². The van der Waals surface area contributed by atoms with Gasteiger partial charge in [0.2, 0.25) is 5.36 Å². The second-order valence-electron chi connectivity index (χ2n) is 9.15. The predicted molar refractivity (Wildman–Crippen MR) is 143 cm³/mol. The number of benzene rings is 3. The lowest BCUT2D eigenvalue weighted by Gasteiger charge is -2.21. The van der Waals surface area contributed by atoms with E-state index >= 15 is 0 Å². The molecule has 0 saturated heterocycles. The Morgan fingerprint density at radius 2 is 1.64 bits per heavy atom. The van der Waals surface area contributed by atoms with Gasteiger partial charge in [-0.1, -0.05) is 12.6 Å². The molecule has 2 amide bonds. The van der Waals surface area contributed by atoms with Crippen LogP contribution in [0, 0.1) is 0 Å². The van der Waals surface area contributed by atoms with Crippen LogP contribution >= 0.6 is 0 Å². The summed E-state index contributed by atoms with van der Waals surface area (Å²) < 4.78 is 8.38. The van der Waals surface area contributed by atoms with E-state index in [-0.39, 0.29) is 5.76 Å². The van der Waals surface area contributed by atoms with Crippen molar-refractivity contribution in [3.05, 3.63) is 84.2 Å². The number of carbonyl (C=O) groups excluding carboxylic acids is 2. The average Bonchev–Trinajstić information content (AvgIpc) is 3.19. The minimum absolute atomic E-state index is 0.171. The van der Waals surface area contributed by atoms with E-state index in [0.717, 1.165) is 32.5 Å². The van der Waals surface area contributed by atoms with Gasteiger partial charge in [-0.15, -0.1) is 0 Å². The van der Waals surface area contributed by atoms with Crippen molar-refractivity contribution in [2.75, 3.05) is 38.0 Å². The minimum atomic E-state index is -0.427. The average molecular weight is 481 g/mol. The first-order valence-corrected chi connectivity index (χ1v) is 11.4. The SMILES string of the molecule is C=C(O)c1cc(N2C(=O)C=CC2=O)ccc1-c1c2ccc(=[N+](C)C)cc-2oc2cc(N(C)C)ccc12. The van der Waals surface area contributed by atoms with Gasteiger partial charge in [0.1, 0.15) is 31.2 Å². The van der Waals surface area contributed by atoms with Crippen molar-refractivity contribution in [1.82, 2.24) is 4.58 Å². The fourth-order valence-electron chi connectivity index (χ4n) is 4.50. The Morgan fingerprint density at radius 3 is 2.28 bits per heavy atom. The molecule has 7 nitrogen and oxygen atoms in total. The topological polar surface area (TPSA) is 77.0 Å². The van der Waals surface area contributed by atoms with Gasteiger partial charge < -0.3 is 14.4 Å². The van der Waals surface area contributed by atoms with Gasteiger partial charge in [-0.25, -0.2) is 9.48 Å². The molecule has 5 rings (SSSR count). The summed E-state index contributed by atoms with van der Waals surface area (Å²) in [4.78, 5) is 27.6. The van der Waals surface area contributed by atoms with Crippen molar-refractivity contribution in [1.29, 1.82) is 0 Å². The smallest absolute Gasteiger partial charge is 0.258 e. The van der Waals surface area contributed by atoms with E-state index in [0.29, 0.717) is 28.2 Å². The Hall–Kier alpha value is -4.65. The van der Waals surface area contributed by atoms with Crippen LogP contribution in [0.3, 0.4) is 0 Å². The van der Waals surface area contributed by atoms with Gasteiger partial charge in [0.05, 0.1) is 11.8 Å². The molecule has 2 aromatic rings. The third-order valence-electron chi connectivity index (χ3n) is 6.37. The fourth-order valence-corrected chi connectivity index (χ4v) is 4.50. The standard InChI is InChI=1S/C29H25N3O4/c1-17(33)24-14-20(32-27(34)12-13-28(32)35)8-9-21(24)29-22-10-6-18(30(2)3)15-25(22)36-26-16-19(31(4)5)7-11-23(26)29/h6-16H,1H2,2-5H3/p+1. The number of fused-ring (bicyclic) bond motifs is 2. The van der Waals surface area contributed by atoms with E-state index in [4.69, 9.17) is 4.42 Å². The third-order valence-corrected chi connectivity index (χ3v) is 6.37. The predicted octanol–water partition coefficient (Wildman–Crippen LogP) is 4.26. The van der Waals surface area contributed by atoms with Crippen molar-refractivity contribution in [2.24, 2.45) is 0 Å². The summed E-state index contributed by atoms with van der Waals surface area (Å²) in [6.07, 6.45) is 2.46. The molecule has 2 heterocycles. The maximum absolute atomic E-state index is 12.3. The molecule has 1 aliphatic carbocycles. The van der Waals surface area contributed by atoms with Crippen molar-refractivity contribution in [3.8, 4) is 22.5 Å². The monoisotopic (exact) mass is 480 g/mol. The number of carbonyl (C=O) groups is 2. The number of rotatable bonds is 4. The molecule has 2 aliphatic heterocycles. The first kappa shape index (κ1) is 23.1. The second-order valence-corrected chi connectivity index (χ2v) is 9.15. The molecule has 0 saturated carbocycles. The van der Waals surface area contributed by atoms with Gasteiger partial charge >= 0.3 is 0 Å². The lowest BCUT2D eigenvalue weighted by molar-refractivity contribution is -0.119. The number of hydrogen-bond donors (Lipinski definition) is 1. The van der Waals surface area contributed by atoms with Crippen LogP contribution in [0.5, 0.6) is 0 Å². The minimum Gasteiger partial charge on any atom is -0.508 e. The van der Waals surface area contributed by atoms with Gasteiger partial charge in [-0.05, 0) is 35.9 Å². The van der Waals surface area contributed by atoms with Crippen LogP contribution in [0.2, 0.25) is 0 Å². The summed E-state index contributed by atoms with van der Waals surface area (Å²) in [6, 6.07) is 17.1. The first-order chi connectivity index (χ1) is 17.2. The van der Waals surface area contributed by atoms with Crippen LogP contribution in [0.15, 0.2) is 77.7 Å². The van der Waals surface area contributed by atoms with Gasteiger partial charge in [-0.3, -0.25) is 9.59 Å². The molecule has 0 unspecified atom stereocenters. The summed E-state index contributed by atoms with van der Waals surface area (Å²) in [5.41, 5.74) is 4.88. The molecule has 3 aliphatic rings. The Balaban J connectivity index is 1.84. The van der Waals surface area contributed by atoms with Gasteiger partial charge in [-0.2, -0.15) is 0 Å². The van der Waals surface area contributed by atoms with Gasteiger partial charge in [0.25, 0.3) is 11.8 Å². The highest BCUT2D eigenvalue weighted by Gasteiger charge is 2.27. The molecule has 0 fully saturated rings. The number of amides is 2. The quantitative estimate of drug-likeness (QED) is 0.204. The first-order valence-electron chi connectivity index (χ1n) is 11.4. The highest BCUT2D eigenvalue weighted by atomic mass is 16.3. The molecule has 1 N–H and O–H groups in total. The lowest BCUT2D eigenvalue weighted by Crippen LogP contribution is -2.29. The van der Waals surface area contributed by atoms with E-state index in [2.05, 4.69) is 6.58 Å². The maximum Gasteiger partial charge on any atom is 0.258 e. The summed E-state index contributed by atoms with van der Waals surface area (Å²) in [5, 5.41) is 12.5. The van der Waals surface area contributed by atoms with Crippen LogP contribution in [-0.2, 0) is 9.59 Å². The molecule has 2 aromatic carbocycles. The Labute approximate surface area is 208 Å². The summed E-state index contributed by atoms with van der Waals surface area (Å²) >= 11 is 0. The fraction of sp³-hybridized carbons (Fsp3) is 0.138. The van der Waals surface area contributed by atoms with Crippen molar-refractivity contribution in [2.45, 2.75) is 0 Å². The van der Waals surface area contributed by atoms with Crippen molar-refractivity contribution < 1.29 is 19.1 Å². The molecule has 0 spiro atoms. The second kappa shape index (κ2) is 8.53. The normalized spacial score (nSPS) is 13.2. The number of hydrogen-bond acceptors (Lipinski definition) is 5. The molecule has 0 radical (unpaired) electrons. The van der Waals surface area contributed by atoms with Crippen molar-refractivity contribution >= 4 is 39.9 Å². The van der Waals surface area contributed by atoms with Crippen LogP contribution in [0.4, 0.5) is 11.4 Å². The zero-order chi connectivity index (χ0) is 25.7. The van der Waals surface area contributed by atoms with E-state index in [1.165, 1.54) is 12.2 Å². The van der Waals surface area contributed by atoms with E-state index < -0.39 is 11.8 Å². The van der Waals surface area contributed by atoms with Crippen LogP contribution in [0.25, 0.3) is 39.2 Å². The number of aliphatic hydroxyl groups excluding tert-OH is 1. The highest BCUT2D eigenvalue weighted by molar-refractivity contribution is 6.28. The van der Waals surface area contributed by atoms with Crippen molar-refractivity contribution in [3.63, 3.8) is 0 Å². The zero-order valence-electron chi connectivity index (χ0n) is 20.6. The molecular weight excluding hydrogens is 454 g/mol. The highest BCUT2D eigenvalue weighted by Crippen LogP contribution is 2.43. The number of aliphatic hydroxyl groups is 1. The third kappa shape index (κ3) is 3.75. The maximum atomic E-state index is 12.3. The largest absolute Gasteiger partial charge is 0.508 e. The van der Waals surface area contributed by atoms with Gasteiger partial charge in [0.15, 0.2) is 0 Å². The molecule has 0 bridgehead atoms. The number of anilines is 2. The Morgan fingerprint density at radius 1 is 0.944 bits per heavy atom. The summed E-state index contributed by atoms with van der Waals surface area (Å²) in [5.74, 6) is -0.337. The zero-order valence-corrected chi connectivity index (χ0v) is 20.6. The van der Waals surface area contributed by atoms with Crippen LogP contribution in [-0.4, -0.2) is 45.1 Å². The molecule has 36 heavy (non-hydrogen) atoms.